The molecule has 0 aliphatic rings. The van der Waals surface area contributed by atoms with Gasteiger partial charge >= 0.3 is 0 Å². The second-order valence-electron chi connectivity index (χ2n) is 11.2. The number of aliphatic hydroxyl groups is 1. The van der Waals surface area contributed by atoms with Crippen LogP contribution < -0.4 is 5.56 Å². The van der Waals surface area contributed by atoms with Crippen molar-refractivity contribution in [1.29, 1.82) is 0 Å². The van der Waals surface area contributed by atoms with Crippen LogP contribution in [0.2, 0.25) is 0 Å². The molecule has 3 aromatic carbocycles. The summed E-state index contributed by atoms with van der Waals surface area (Å²) in [6, 6.07) is 16.2. The molecule has 0 aliphatic carbocycles. The lowest BCUT2D eigenvalue weighted by molar-refractivity contribution is 0.0766. The molecule has 2 heterocycles. The Morgan fingerprint density at radius 2 is 1.74 bits per heavy atom. The lowest BCUT2D eigenvalue weighted by atomic mass is 10.1. The van der Waals surface area contributed by atoms with Gasteiger partial charge in [-0.15, -0.1) is 0 Å². The number of benzene rings is 3. The molecule has 47 heavy (non-hydrogen) atoms. The highest BCUT2D eigenvalue weighted by Gasteiger charge is 2.21. The van der Waals surface area contributed by atoms with Crippen molar-refractivity contribution >= 4 is 22.6 Å². The van der Waals surface area contributed by atoms with Crippen molar-refractivity contribution < 1.29 is 23.5 Å². The van der Waals surface area contributed by atoms with Crippen LogP contribution in [0.3, 0.4) is 0 Å². The monoisotopic (exact) mass is 637 g/mol. The van der Waals surface area contributed by atoms with E-state index < -0.39 is 17.2 Å². The van der Waals surface area contributed by atoms with Crippen molar-refractivity contribution in [2.45, 2.75) is 32.7 Å². The fourth-order valence-corrected chi connectivity index (χ4v) is 5.19. The molecule has 240 valence electrons. The molecular formula is C36H33F2N5O4. The van der Waals surface area contributed by atoms with E-state index in [9.17, 15) is 23.2 Å². The van der Waals surface area contributed by atoms with Gasteiger partial charge in [0.25, 0.3) is 11.5 Å². The molecule has 0 aliphatic heterocycles. The number of amides is 1. The Hall–Kier alpha value is -5.47. The lowest BCUT2D eigenvalue weighted by Gasteiger charge is -2.15. The molecule has 0 saturated heterocycles. The number of fused-ring (bicyclic) bond motifs is 1. The number of halogens is 2. The number of Topliss-reactive ketones (excluding diaryl/α,β-unsaturated/α-hetero) is 1. The first-order valence-electron chi connectivity index (χ1n) is 15.0. The van der Waals surface area contributed by atoms with E-state index in [1.807, 2.05) is 30.3 Å². The molecule has 0 atom stereocenters. The maximum absolute atomic E-state index is 13.7. The fraction of sp³-hybridized carbons (Fsp3) is 0.250. The first-order chi connectivity index (χ1) is 22.5. The third kappa shape index (κ3) is 7.51. The van der Waals surface area contributed by atoms with E-state index in [-0.39, 0.29) is 49.8 Å². The van der Waals surface area contributed by atoms with Crippen molar-refractivity contribution in [2.75, 3.05) is 20.2 Å². The summed E-state index contributed by atoms with van der Waals surface area (Å²) in [5.41, 5.74) is 3.44. The highest BCUT2D eigenvalue weighted by atomic mass is 19.2. The van der Waals surface area contributed by atoms with Gasteiger partial charge in [-0.25, -0.2) is 23.4 Å². The quantitative estimate of drug-likeness (QED) is 0.179. The Bertz CT molecular complexity index is 2090. The van der Waals surface area contributed by atoms with Crippen molar-refractivity contribution in [1.82, 2.24) is 24.2 Å². The molecule has 0 fully saturated rings. The molecule has 0 radical (unpaired) electrons. The SMILES string of the molecule is Cc1c(C(=O)CCC#Cc2ccc3nc(Cc4ccc(C(=O)N(C)CCO)cc4)ncc3c2)c(=O)n(Cc2ccc(F)c(F)c2)n1C. The lowest BCUT2D eigenvalue weighted by Crippen LogP contribution is -2.29. The summed E-state index contributed by atoms with van der Waals surface area (Å²) in [4.78, 5) is 49.1. The predicted octanol–water partition coefficient (Wildman–Crippen LogP) is 4.43. The van der Waals surface area contributed by atoms with E-state index in [2.05, 4.69) is 21.8 Å². The van der Waals surface area contributed by atoms with Crippen molar-refractivity contribution in [3.8, 4) is 11.8 Å². The van der Waals surface area contributed by atoms with Gasteiger partial charge in [0.05, 0.1) is 18.7 Å². The van der Waals surface area contributed by atoms with Crippen molar-refractivity contribution in [3.05, 3.63) is 128 Å². The van der Waals surface area contributed by atoms with Gasteiger partial charge in [-0.05, 0) is 60.5 Å². The zero-order valence-electron chi connectivity index (χ0n) is 26.3. The number of likely N-dealkylation sites (N-methyl/N-ethyl adjacent to an activating group) is 1. The molecule has 0 bridgehead atoms. The normalized spacial score (nSPS) is 10.9. The predicted molar refractivity (Wildman–Crippen MR) is 173 cm³/mol. The first-order valence-corrected chi connectivity index (χ1v) is 15.0. The van der Waals surface area contributed by atoms with Crippen LogP contribution in [0.1, 0.15) is 61.8 Å². The molecule has 9 nitrogen and oxygen atoms in total. The molecule has 1 amide bonds. The third-order valence-corrected chi connectivity index (χ3v) is 7.94. The molecule has 1 N–H and O–H groups in total. The Labute approximate surface area is 270 Å². The number of hydrogen-bond acceptors (Lipinski definition) is 6. The number of aliphatic hydroxyl groups excluding tert-OH is 1. The highest BCUT2D eigenvalue weighted by Crippen LogP contribution is 2.17. The topological polar surface area (TPSA) is 110 Å². The second kappa shape index (κ2) is 14.3. The number of hydrogen-bond donors (Lipinski definition) is 1. The number of aromatic nitrogens is 4. The molecule has 11 heteroatoms. The largest absolute Gasteiger partial charge is 0.395 e. The Morgan fingerprint density at radius 3 is 2.47 bits per heavy atom. The van der Waals surface area contributed by atoms with Gasteiger partial charge in [0.2, 0.25) is 0 Å². The van der Waals surface area contributed by atoms with Gasteiger partial charge in [-0.1, -0.05) is 30.0 Å². The molecular weight excluding hydrogens is 604 g/mol. The molecule has 5 rings (SSSR count). The summed E-state index contributed by atoms with van der Waals surface area (Å²) in [6.45, 7) is 1.84. The van der Waals surface area contributed by atoms with E-state index >= 15 is 0 Å². The van der Waals surface area contributed by atoms with Gasteiger partial charge < -0.3 is 10.0 Å². The summed E-state index contributed by atoms with van der Waals surface area (Å²) in [5.74, 6) is 4.23. The average Bonchev–Trinajstić information content (AvgIpc) is 3.27. The smallest absolute Gasteiger partial charge is 0.278 e. The van der Waals surface area contributed by atoms with Gasteiger partial charge in [0, 0.05) is 68.3 Å². The van der Waals surface area contributed by atoms with Crippen molar-refractivity contribution in [3.63, 3.8) is 0 Å². The van der Waals surface area contributed by atoms with Gasteiger partial charge in [0.1, 0.15) is 11.4 Å². The minimum atomic E-state index is -1.00. The zero-order valence-corrected chi connectivity index (χ0v) is 26.3. The molecule has 0 spiro atoms. The standard InChI is InChI=1S/C36H33F2N5O4/c1-23-34(36(47)43(42(23)3)22-26-10-14-29(37)30(38)19-26)32(45)7-5-4-6-24-11-15-31-28(18-24)21-39-33(40-31)20-25-8-12-27(13-9-25)35(46)41(2)16-17-44/h8-15,18-19,21,44H,5,7,16-17,20,22H2,1-3H3. The van der Waals surface area contributed by atoms with Crippen LogP contribution in [0.25, 0.3) is 10.9 Å². The number of nitrogens with zero attached hydrogens (tertiary/aromatic N) is 5. The maximum Gasteiger partial charge on any atom is 0.278 e. The summed E-state index contributed by atoms with van der Waals surface area (Å²) in [6.07, 6.45) is 2.51. The van der Waals surface area contributed by atoms with E-state index in [1.165, 1.54) is 15.6 Å². The maximum atomic E-state index is 13.7. The molecule has 2 aromatic heterocycles. The van der Waals surface area contributed by atoms with Gasteiger partial charge in [0.15, 0.2) is 17.4 Å². The average molecular weight is 638 g/mol. The van der Waals surface area contributed by atoms with E-state index in [0.29, 0.717) is 29.1 Å². The Kier molecular flexibility index (Phi) is 10.0. The van der Waals surface area contributed by atoms with E-state index in [4.69, 9.17) is 5.11 Å². The van der Waals surface area contributed by atoms with Crippen LogP contribution in [0, 0.1) is 30.4 Å². The zero-order chi connectivity index (χ0) is 33.7. The number of ketones is 1. The third-order valence-electron chi connectivity index (χ3n) is 7.94. The van der Waals surface area contributed by atoms with E-state index in [1.54, 1.807) is 44.0 Å². The Balaban J connectivity index is 1.20. The van der Waals surface area contributed by atoms with Crippen LogP contribution in [-0.2, 0) is 20.0 Å². The number of carbonyl (C=O) groups excluding carboxylic acids is 2. The summed E-state index contributed by atoms with van der Waals surface area (Å²) in [7, 11) is 3.28. The van der Waals surface area contributed by atoms with Gasteiger partial charge in [-0.2, -0.15) is 0 Å². The van der Waals surface area contributed by atoms with Crippen LogP contribution in [0.4, 0.5) is 8.78 Å². The van der Waals surface area contributed by atoms with Crippen molar-refractivity contribution in [2.24, 2.45) is 7.05 Å². The van der Waals surface area contributed by atoms with Crippen LogP contribution >= 0.6 is 0 Å². The molecule has 5 aromatic rings. The second-order valence-corrected chi connectivity index (χ2v) is 11.2. The van der Waals surface area contributed by atoms with Crippen LogP contribution in [0.15, 0.2) is 71.7 Å². The van der Waals surface area contributed by atoms with Gasteiger partial charge in [-0.3, -0.25) is 19.1 Å². The minimum Gasteiger partial charge on any atom is -0.395 e. The highest BCUT2D eigenvalue weighted by molar-refractivity contribution is 5.97. The van der Waals surface area contributed by atoms with Crippen LogP contribution in [-0.4, -0.2) is 61.2 Å². The molecule has 0 saturated carbocycles. The number of carbonyl (C=O) groups is 2. The summed E-state index contributed by atoms with van der Waals surface area (Å²) in [5, 5.41) is 9.86. The Morgan fingerprint density at radius 1 is 1.00 bits per heavy atom. The summed E-state index contributed by atoms with van der Waals surface area (Å²) >= 11 is 0. The minimum absolute atomic E-state index is 0.00631. The fourth-order valence-electron chi connectivity index (χ4n) is 5.19. The first kappa shape index (κ1) is 32.9. The number of rotatable bonds is 10. The summed E-state index contributed by atoms with van der Waals surface area (Å²) < 4.78 is 29.8. The molecule has 0 unspecified atom stereocenters. The van der Waals surface area contributed by atoms with E-state index in [0.717, 1.165) is 34.2 Å². The van der Waals surface area contributed by atoms with Crippen LogP contribution in [0.5, 0.6) is 0 Å².